The first-order chi connectivity index (χ1) is 10.2. The quantitative estimate of drug-likeness (QED) is 0.871. The highest BCUT2D eigenvalue weighted by molar-refractivity contribution is 5.07. The average molecular weight is 291 g/mol. The molecular formula is C14H21N5O2. The van der Waals surface area contributed by atoms with Crippen molar-refractivity contribution < 1.29 is 9.26 Å². The molecule has 1 fully saturated rings. The van der Waals surface area contributed by atoms with Crippen molar-refractivity contribution >= 4 is 0 Å². The van der Waals surface area contributed by atoms with Crippen LogP contribution in [0.1, 0.15) is 55.6 Å². The lowest BCUT2D eigenvalue weighted by atomic mass is 9.84. The van der Waals surface area contributed by atoms with Crippen LogP contribution in [0.4, 0.5) is 0 Å². The Hall–Kier alpha value is -1.73. The van der Waals surface area contributed by atoms with Crippen molar-refractivity contribution in [1.82, 2.24) is 20.1 Å². The van der Waals surface area contributed by atoms with Gasteiger partial charge in [0.05, 0.1) is 12.4 Å². The van der Waals surface area contributed by atoms with E-state index >= 15 is 0 Å². The lowest BCUT2D eigenvalue weighted by molar-refractivity contribution is -0.0527. The molecule has 0 saturated heterocycles. The smallest absolute Gasteiger partial charge is 0.244 e. The van der Waals surface area contributed by atoms with Crippen LogP contribution in [0.2, 0.25) is 0 Å². The molecule has 0 aliphatic heterocycles. The van der Waals surface area contributed by atoms with Crippen LogP contribution in [-0.4, -0.2) is 27.2 Å². The van der Waals surface area contributed by atoms with Crippen LogP contribution in [-0.2, 0) is 16.8 Å². The van der Waals surface area contributed by atoms with Gasteiger partial charge in [-0.15, -0.1) is 0 Å². The summed E-state index contributed by atoms with van der Waals surface area (Å²) in [6.07, 6.45) is 9.29. The first-order valence-electron chi connectivity index (χ1n) is 7.35. The number of nitrogens with two attached hydrogens (primary N) is 1. The number of imidazole rings is 1. The molecule has 114 valence electrons. The second-order valence-electron chi connectivity index (χ2n) is 5.60. The number of H-pyrrole nitrogens is 1. The summed E-state index contributed by atoms with van der Waals surface area (Å²) in [6.45, 7) is 0. The molecule has 1 aliphatic carbocycles. The minimum absolute atomic E-state index is 0.343. The van der Waals surface area contributed by atoms with Crippen LogP contribution in [0.25, 0.3) is 0 Å². The summed E-state index contributed by atoms with van der Waals surface area (Å²) in [5, 5.41) is 4.12. The van der Waals surface area contributed by atoms with E-state index in [-0.39, 0.29) is 6.04 Å². The van der Waals surface area contributed by atoms with Gasteiger partial charge in [-0.05, 0) is 12.8 Å². The molecule has 0 radical (unpaired) electrons. The zero-order valence-corrected chi connectivity index (χ0v) is 12.2. The Kier molecular flexibility index (Phi) is 4.03. The van der Waals surface area contributed by atoms with Gasteiger partial charge < -0.3 is 20.0 Å². The molecule has 2 aromatic heterocycles. The Morgan fingerprint density at radius 2 is 2.24 bits per heavy atom. The molecule has 7 nitrogen and oxygen atoms in total. The normalized spacial score (nSPS) is 19.5. The fourth-order valence-electron chi connectivity index (χ4n) is 2.93. The average Bonchev–Trinajstić information content (AvgIpc) is 3.19. The predicted molar refractivity (Wildman–Crippen MR) is 75.3 cm³/mol. The van der Waals surface area contributed by atoms with E-state index in [1.165, 1.54) is 6.42 Å². The predicted octanol–water partition coefficient (Wildman–Crippen LogP) is 1.84. The van der Waals surface area contributed by atoms with Crippen LogP contribution in [0, 0.1) is 0 Å². The van der Waals surface area contributed by atoms with E-state index in [1.807, 2.05) is 0 Å². The van der Waals surface area contributed by atoms with Gasteiger partial charge in [0, 0.05) is 25.4 Å². The molecule has 2 aromatic rings. The summed E-state index contributed by atoms with van der Waals surface area (Å²) < 4.78 is 11.1. The summed E-state index contributed by atoms with van der Waals surface area (Å²) in [5.41, 5.74) is 6.67. The summed E-state index contributed by atoms with van der Waals surface area (Å²) in [6, 6.07) is -0.343. The molecular weight excluding hydrogens is 270 g/mol. The van der Waals surface area contributed by atoms with Crippen molar-refractivity contribution in [2.45, 2.75) is 50.2 Å². The van der Waals surface area contributed by atoms with Crippen LogP contribution < -0.4 is 5.73 Å². The molecule has 0 amide bonds. The number of ether oxygens (including phenoxy) is 1. The third-order valence-corrected chi connectivity index (χ3v) is 4.21. The van der Waals surface area contributed by atoms with E-state index in [0.717, 1.165) is 31.4 Å². The van der Waals surface area contributed by atoms with E-state index in [9.17, 15) is 0 Å². The fraction of sp³-hybridized carbons (Fsp3) is 0.643. The Labute approximate surface area is 123 Å². The van der Waals surface area contributed by atoms with Crippen LogP contribution >= 0.6 is 0 Å². The largest absolute Gasteiger partial charge is 0.370 e. The maximum atomic E-state index is 6.13. The Bertz CT molecular complexity index is 560. The minimum atomic E-state index is -0.409. The van der Waals surface area contributed by atoms with Gasteiger partial charge >= 0.3 is 0 Å². The zero-order chi connectivity index (χ0) is 14.7. The summed E-state index contributed by atoms with van der Waals surface area (Å²) in [4.78, 5) is 11.5. The highest BCUT2D eigenvalue weighted by Crippen LogP contribution is 2.38. The molecule has 3 N–H and O–H groups in total. The highest BCUT2D eigenvalue weighted by Gasteiger charge is 2.38. The second kappa shape index (κ2) is 5.95. The Morgan fingerprint density at radius 1 is 1.43 bits per heavy atom. The molecule has 1 atom stereocenters. The molecule has 7 heteroatoms. The fourth-order valence-corrected chi connectivity index (χ4v) is 2.93. The first kappa shape index (κ1) is 14.2. The van der Waals surface area contributed by atoms with Gasteiger partial charge in [-0.25, -0.2) is 4.98 Å². The number of nitrogens with one attached hydrogen (secondary N) is 1. The number of aromatic amines is 1. The van der Waals surface area contributed by atoms with Gasteiger partial charge in [0.2, 0.25) is 11.7 Å². The van der Waals surface area contributed by atoms with Crippen LogP contribution in [0.15, 0.2) is 17.0 Å². The number of hydrogen-bond acceptors (Lipinski definition) is 6. The van der Waals surface area contributed by atoms with Gasteiger partial charge in [0.15, 0.2) is 0 Å². The van der Waals surface area contributed by atoms with E-state index < -0.39 is 5.60 Å². The van der Waals surface area contributed by atoms with Gasteiger partial charge in [0.1, 0.15) is 5.60 Å². The van der Waals surface area contributed by atoms with E-state index in [4.69, 9.17) is 15.0 Å². The third-order valence-electron chi connectivity index (χ3n) is 4.21. The van der Waals surface area contributed by atoms with Crippen LogP contribution in [0.3, 0.4) is 0 Å². The number of rotatable bonds is 5. The monoisotopic (exact) mass is 291 g/mol. The second-order valence-corrected chi connectivity index (χ2v) is 5.60. The highest BCUT2D eigenvalue weighted by atomic mass is 16.5. The Balaban J connectivity index is 1.75. The van der Waals surface area contributed by atoms with Crippen molar-refractivity contribution in [3.8, 4) is 0 Å². The molecule has 0 aromatic carbocycles. The van der Waals surface area contributed by atoms with Crippen molar-refractivity contribution in [3.05, 3.63) is 29.9 Å². The van der Waals surface area contributed by atoms with E-state index in [1.54, 1.807) is 19.6 Å². The van der Waals surface area contributed by atoms with E-state index in [2.05, 4.69) is 20.1 Å². The maximum Gasteiger partial charge on any atom is 0.244 e. The lowest BCUT2D eigenvalue weighted by Crippen LogP contribution is -2.32. The molecule has 21 heavy (non-hydrogen) atoms. The van der Waals surface area contributed by atoms with Crippen molar-refractivity contribution in [3.63, 3.8) is 0 Å². The van der Waals surface area contributed by atoms with E-state index in [0.29, 0.717) is 18.1 Å². The third kappa shape index (κ3) is 2.84. The van der Waals surface area contributed by atoms with Gasteiger partial charge in [-0.2, -0.15) is 4.98 Å². The summed E-state index contributed by atoms with van der Waals surface area (Å²) in [7, 11) is 1.71. The molecule has 3 rings (SSSR count). The molecule has 0 spiro atoms. The molecule has 0 bridgehead atoms. The molecule has 1 unspecified atom stereocenters. The lowest BCUT2D eigenvalue weighted by Gasteiger charge is -2.32. The molecule has 1 aliphatic rings. The van der Waals surface area contributed by atoms with Crippen LogP contribution in [0.5, 0.6) is 0 Å². The number of aromatic nitrogens is 4. The molecule has 2 heterocycles. The van der Waals surface area contributed by atoms with Gasteiger partial charge in [-0.3, -0.25) is 0 Å². The SMILES string of the molecule is COC1(c2noc(C(N)Cc3cnc[nH]3)n2)CCCCC1. The standard InChI is InChI=1S/C14H21N5O2/c1-20-14(5-3-2-4-6-14)13-18-12(21-19-13)11(15)7-10-8-16-9-17-10/h8-9,11H,2-7,15H2,1H3,(H,16,17). The topological polar surface area (TPSA) is 103 Å². The number of hydrogen-bond donors (Lipinski definition) is 2. The van der Waals surface area contributed by atoms with Crippen molar-refractivity contribution in [2.75, 3.05) is 7.11 Å². The number of methoxy groups -OCH3 is 1. The van der Waals surface area contributed by atoms with Gasteiger partial charge in [-0.1, -0.05) is 24.4 Å². The zero-order valence-electron chi connectivity index (χ0n) is 12.2. The summed E-state index contributed by atoms with van der Waals surface area (Å²) in [5.74, 6) is 1.07. The first-order valence-corrected chi connectivity index (χ1v) is 7.35. The number of nitrogens with zero attached hydrogens (tertiary/aromatic N) is 3. The minimum Gasteiger partial charge on any atom is -0.370 e. The molecule has 1 saturated carbocycles. The van der Waals surface area contributed by atoms with Crippen molar-refractivity contribution in [2.24, 2.45) is 5.73 Å². The maximum absolute atomic E-state index is 6.13. The summed E-state index contributed by atoms with van der Waals surface area (Å²) >= 11 is 0. The van der Waals surface area contributed by atoms with Gasteiger partial charge in [0.25, 0.3) is 0 Å². The van der Waals surface area contributed by atoms with Crippen molar-refractivity contribution in [1.29, 1.82) is 0 Å². The Morgan fingerprint density at radius 3 is 2.90 bits per heavy atom.